The Morgan fingerprint density at radius 2 is 1.73 bits per heavy atom. The summed E-state index contributed by atoms with van der Waals surface area (Å²) in [5.74, 6) is 0. The molecule has 1 aliphatic rings. The number of rotatable bonds is 5. The van der Waals surface area contributed by atoms with E-state index in [0.29, 0.717) is 11.3 Å². The summed E-state index contributed by atoms with van der Waals surface area (Å²) in [6.45, 7) is 0.963. The van der Waals surface area contributed by atoms with Crippen LogP contribution in [-0.2, 0) is 9.47 Å². The van der Waals surface area contributed by atoms with E-state index in [0.717, 1.165) is 5.56 Å². The molecule has 6 N–H and O–H groups in total. The molecule has 26 heavy (non-hydrogen) atoms. The first-order chi connectivity index (χ1) is 12.3. The van der Waals surface area contributed by atoms with Gasteiger partial charge in [0, 0.05) is 5.69 Å². The summed E-state index contributed by atoms with van der Waals surface area (Å²) in [6.07, 6.45) is -5.87. The lowest BCUT2D eigenvalue weighted by Crippen LogP contribution is -2.57. The number of amides is 1. The van der Waals surface area contributed by atoms with Crippen molar-refractivity contribution in [3.8, 4) is 0 Å². The fourth-order valence-corrected chi connectivity index (χ4v) is 2.40. The van der Waals surface area contributed by atoms with Crippen LogP contribution in [0.5, 0.6) is 0 Å². The average Bonchev–Trinajstić information content (AvgIpc) is 2.63. The lowest BCUT2D eigenvalue weighted by atomic mass is 10.0. The van der Waals surface area contributed by atoms with Crippen LogP contribution in [0.4, 0.5) is 10.5 Å². The van der Waals surface area contributed by atoms with Crippen LogP contribution in [0, 0.1) is 0 Å². The molecule has 0 aliphatic carbocycles. The Labute approximate surface area is 150 Å². The van der Waals surface area contributed by atoms with Gasteiger partial charge in [-0.1, -0.05) is 18.2 Å². The van der Waals surface area contributed by atoms with Crippen LogP contribution in [0.2, 0.25) is 0 Å². The van der Waals surface area contributed by atoms with Gasteiger partial charge in [0.2, 0.25) is 6.29 Å². The number of ether oxygens (including phenoxy) is 2. The van der Waals surface area contributed by atoms with Gasteiger partial charge >= 0.3 is 6.09 Å². The zero-order valence-electron chi connectivity index (χ0n) is 14.1. The van der Waals surface area contributed by atoms with Crippen LogP contribution < -0.4 is 5.32 Å². The van der Waals surface area contributed by atoms with Crippen LogP contribution in [0.1, 0.15) is 12.5 Å². The molecule has 1 heterocycles. The summed E-state index contributed by atoms with van der Waals surface area (Å²) in [5, 5.41) is 49.6. The van der Waals surface area contributed by atoms with Gasteiger partial charge in [0.15, 0.2) is 0 Å². The van der Waals surface area contributed by atoms with Crippen molar-refractivity contribution in [2.24, 2.45) is 0 Å². The molecule has 0 bridgehead atoms. The molecule has 1 fully saturated rings. The summed E-state index contributed by atoms with van der Waals surface area (Å²) in [6, 6.07) is 6.49. The first kappa shape index (κ1) is 20.3. The maximum Gasteiger partial charge on any atom is 0.414 e. The molecule has 1 amide bonds. The predicted molar refractivity (Wildman–Crippen MR) is 91.0 cm³/mol. The Balaban J connectivity index is 1.94. The number of hydrogen-bond acceptors (Lipinski definition) is 8. The van der Waals surface area contributed by atoms with Crippen LogP contribution in [0.3, 0.4) is 0 Å². The second kappa shape index (κ2) is 9.08. The number of aliphatic hydroxyl groups is 5. The molecule has 0 saturated carbocycles. The van der Waals surface area contributed by atoms with Gasteiger partial charge in [0.05, 0.1) is 19.3 Å². The Morgan fingerprint density at radius 3 is 2.31 bits per heavy atom. The van der Waals surface area contributed by atoms with E-state index in [1.54, 1.807) is 30.3 Å². The van der Waals surface area contributed by atoms with Gasteiger partial charge in [0.25, 0.3) is 0 Å². The van der Waals surface area contributed by atoms with E-state index in [2.05, 4.69) is 5.32 Å². The highest BCUT2D eigenvalue weighted by atomic mass is 16.7. The fourth-order valence-electron chi connectivity index (χ4n) is 2.40. The summed E-state index contributed by atoms with van der Waals surface area (Å²) in [5.41, 5.74) is 1.57. The van der Waals surface area contributed by atoms with Crippen molar-refractivity contribution in [3.63, 3.8) is 0 Å². The number of carbonyl (C=O) groups is 1. The van der Waals surface area contributed by atoms with Crippen molar-refractivity contribution in [2.75, 3.05) is 18.5 Å². The van der Waals surface area contributed by atoms with E-state index in [1.807, 2.05) is 0 Å². The molecule has 1 aromatic rings. The minimum Gasteiger partial charge on any atom is -0.416 e. The van der Waals surface area contributed by atoms with Crippen LogP contribution in [0.15, 0.2) is 29.8 Å². The highest BCUT2D eigenvalue weighted by molar-refractivity contribution is 5.84. The van der Waals surface area contributed by atoms with Crippen molar-refractivity contribution >= 4 is 17.9 Å². The molecule has 9 nitrogen and oxygen atoms in total. The van der Waals surface area contributed by atoms with Gasteiger partial charge in [-0.2, -0.15) is 0 Å². The second-order valence-corrected chi connectivity index (χ2v) is 5.95. The molecular formula is C17H23NO8. The fraction of sp³-hybridized carbons (Fsp3) is 0.471. The van der Waals surface area contributed by atoms with E-state index in [1.165, 1.54) is 6.92 Å². The molecule has 9 heteroatoms. The standard InChI is InChI=1S/C17H23NO8/c1-9-13(21)14(22)15(23)16(25-9)26-17(24)18-12-4-2-10(3-5-12)6-11(7-19)8-20/h2-6,9,13-16,19-23H,7-8H2,1H3,(H,18,24)/t9?,13-,14+,15?,16+/m1/s1. The lowest BCUT2D eigenvalue weighted by molar-refractivity contribution is -0.275. The molecule has 5 atom stereocenters. The highest BCUT2D eigenvalue weighted by Gasteiger charge is 2.43. The third kappa shape index (κ3) is 5.01. The van der Waals surface area contributed by atoms with E-state index < -0.39 is 36.8 Å². The van der Waals surface area contributed by atoms with Crippen molar-refractivity contribution in [3.05, 3.63) is 35.4 Å². The van der Waals surface area contributed by atoms with Gasteiger partial charge in [-0.15, -0.1) is 0 Å². The maximum absolute atomic E-state index is 11.9. The van der Waals surface area contributed by atoms with Crippen LogP contribution in [0.25, 0.3) is 6.08 Å². The van der Waals surface area contributed by atoms with Gasteiger partial charge in [-0.3, -0.25) is 5.32 Å². The summed E-state index contributed by atoms with van der Waals surface area (Å²) >= 11 is 0. The summed E-state index contributed by atoms with van der Waals surface area (Å²) < 4.78 is 10.1. The van der Waals surface area contributed by atoms with E-state index >= 15 is 0 Å². The summed E-state index contributed by atoms with van der Waals surface area (Å²) in [4.78, 5) is 11.9. The minimum atomic E-state index is -1.57. The maximum atomic E-state index is 11.9. The Bertz CT molecular complexity index is 626. The molecule has 144 valence electrons. The Morgan fingerprint density at radius 1 is 1.12 bits per heavy atom. The number of hydrogen-bond donors (Lipinski definition) is 6. The molecule has 1 aliphatic heterocycles. The topological polar surface area (TPSA) is 149 Å². The quantitative estimate of drug-likeness (QED) is 0.404. The number of aliphatic hydroxyl groups excluding tert-OH is 5. The molecule has 0 spiro atoms. The average molecular weight is 369 g/mol. The van der Waals surface area contributed by atoms with Gasteiger partial charge in [-0.25, -0.2) is 4.79 Å². The molecule has 2 unspecified atom stereocenters. The highest BCUT2D eigenvalue weighted by Crippen LogP contribution is 2.22. The number of anilines is 1. The normalized spacial score (nSPS) is 28.3. The zero-order chi connectivity index (χ0) is 19.3. The van der Waals surface area contributed by atoms with E-state index in [9.17, 15) is 20.1 Å². The predicted octanol–water partition coefficient (Wildman–Crippen LogP) is -0.569. The molecule has 0 aromatic heterocycles. The number of carbonyl (C=O) groups excluding carboxylic acids is 1. The van der Waals surface area contributed by atoms with Gasteiger partial charge < -0.3 is 35.0 Å². The zero-order valence-corrected chi connectivity index (χ0v) is 14.1. The molecule has 1 aromatic carbocycles. The first-order valence-corrected chi connectivity index (χ1v) is 8.04. The van der Waals surface area contributed by atoms with Crippen LogP contribution in [-0.4, -0.2) is 75.5 Å². The first-order valence-electron chi connectivity index (χ1n) is 8.04. The molecule has 1 saturated heterocycles. The Hall–Kier alpha value is -2.01. The minimum absolute atomic E-state index is 0.258. The van der Waals surface area contributed by atoms with Gasteiger partial charge in [0.1, 0.15) is 18.3 Å². The monoisotopic (exact) mass is 369 g/mol. The Kier molecular flexibility index (Phi) is 7.09. The lowest BCUT2D eigenvalue weighted by Gasteiger charge is -2.38. The van der Waals surface area contributed by atoms with Crippen molar-refractivity contribution in [1.29, 1.82) is 0 Å². The third-order valence-electron chi connectivity index (χ3n) is 3.97. The van der Waals surface area contributed by atoms with Gasteiger partial charge in [-0.05, 0) is 30.2 Å². The molecule has 2 rings (SSSR count). The molecule has 0 radical (unpaired) electrons. The van der Waals surface area contributed by atoms with Crippen molar-refractivity contribution in [2.45, 2.75) is 37.6 Å². The van der Waals surface area contributed by atoms with Crippen LogP contribution >= 0.6 is 0 Å². The SMILES string of the molecule is CC1O[C@@H](OC(=O)Nc2ccc(C=C(CO)CO)cc2)C(O)[C@@H](O)[C@@H]1O. The van der Waals surface area contributed by atoms with Crippen molar-refractivity contribution < 1.29 is 39.8 Å². The van der Waals surface area contributed by atoms with E-state index in [-0.39, 0.29) is 13.2 Å². The third-order valence-corrected chi connectivity index (χ3v) is 3.97. The molecular weight excluding hydrogens is 346 g/mol. The van der Waals surface area contributed by atoms with Crippen molar-refractivity contribution in [1.82, 2.24) is 0 Å². The van der Waals surface area contributed by atoms with E-state index in [4.69, 9.17) is 19.7 Å². The smallest absolute Gasteiger partial charge is 0.414 e. The number of nitrogens with one attached hydrogen (secondary N) is 1. The number of benzene rings is 1. The second-order valence-electron chi connectivity index (χ2n) is 5.95. The largest absolute Gasteiger partial charge is 0.416 e. The summed E-state index contributed by atoms with van der Waals surface area (Å²) in [7, 11) is 0.